The minimum atomic E-state index is -0.446. The molecule has 0 aliphatic rings. The Morgan fingerprint density at radius 1 is 1.37 bits per heavy atom. The number of nitrogens with zero attached hydrogens (tertiary/aromatic N) is 1. The molecule has 1 atom stereocenters. The molecular formula is C15H26N2O2. The SMILES string of the molecule is COc1c(C)cnc(CC(O)CNC(C)(C)C)c1C. The molecule has 4 heteroatoms. The molecule has 1 aromatic rings. The number of β-amino-alcohol motifs (C(OH)–C–C–N with tert-alkyl or cyclic N) is 1. The first-order valence-corrected chi connectivity index (χ1v) is 6.66. The summed E-state index contributed by atoms with van der Waals surface area (Å²) in [5.74, 6) is 0.862. The van der Waals surface area contributed by atoms with Crippen LogP contribution < -0.4 is 10.1 Å². The molecule has 4 nitrogen and oxygen atoms in total. The van der Waals surface area contributed by atoms with Crippen LogP contribution in [0.1, 0.15) is 37.6 Å². The Morgan fingerprint density at radius 3 is 2.53 bits per heavy atom. The van der Waals surface area contributed by atoms with Crippen LogP contribution in [0.15, 0.2) is 6.20 Å². The Kier molecular flexibility index (Phi) is 5.32. The van der Waals surface area contributed by atoms with Gasteiger partial charge in [0.25, 0.3) is 0 Å². The van der Waals surface area contributed by atoms with Gasteiger partial charge in [-0.3, -0.25) is 4.98 Å². The molecule has 0 aliphatic heterocycles. The van der Waals surface area contributed by atoms with Crippen molar-refractivity contribution in [2.45, 2.75) is 52.7 Å². The number of pyridine rings is 1. The highest BCUT2D eigenvalue weighted by atomic mass is 16.5. The van der Waals surface area contributed by atoms with Crippen molar-refractivity contribution in [2.75, 3.05) is 13.7 Å². The summed E-state index contributed by atoms with van der Waals surface area (Å²) >= 11 is 0. The summed E-state index contributed by atoms with van der Waals surface area (Å²) in [6, 6.07) is 0. The van der Waals surface area contributed by atoms with E-state index >= 15 is 0 Å². The lowest BCUT2D eigenvalue weighted by atomic mass is 10.0. The highest BCUT2D eigenvalue weighted by Gasteiger charge is 2.16. The quantitative estimate of drug-likeness (QED) is 0.856. The molecule has 1 heterocycles. The van der Waals surface area contributed by atoms with E-state index in [9.17, 15) is 5.11 Å². The van der Waals surface area contributed by atoms with Gasteiger partial charge >= 0.3 is 0 Å². The maximum absolute atomic E-state index is 10.1. The van der Waals surface area contributed by atoms with E-state index in [0.717, 1.165) is 22.6 Å². The van der Waals surface area contributed by atoms with Crippen molar-refractivity contribution in [3.05, 3.63) is 23.0 Å². The van der Waals surface area contributed by atoms with Crippen LogP contribution in [0.2, 0.25) is 0 Å². The number of ether oxygens (including phenoxy) is 1. The number of nitrogens with one attached hydrogen (secondary N) is 1. The number of aliphatic hydroxyl groups excluding tert-OH is 1. The van der Waals surface area contributed by atoms with E-state index < -0.39 is 6.10 Å². The van der Waals surface area contributed by atoms with Crippen LogP contribution in [0.5, 0.6) is 5.75 Å². The zero-order valence-electron chi connectivity index (χ0n) is 12.9. The number of hydrogen-bond donors (Lipinski definition) is 2. The largest absolute Gasteiger partial charge is 0.496 e. The average molecular weight is 266 g/mol. The summed E-state index contributed by atoms with van der Waals surface area (Å²) in [5, 5.41) is 13.4. The molecule has 1 rings (SSSR count). The minimum Gasteiger partial charge on any atom is -0.496 e. The van der Waals surface area contributed by atoms with Crippen LogP contribution in [0.4, 0.5) is 0 Å². The smallest absolute Gasteiger partial charge is 0.128 e. The first-order chi connectivity index (χ1) is 8.74. The molecule has 0 amide bonds. The molecule has 0 saturated heterocycles. The predicted molar refractivity (Wildman–Crippen MR) is 77.7 cm³/mol. The predicted octanol–water partition coefficient (Wildman–Crippen LogP) is 2.00. The number of hydrogen-bond acceptors (Lipinski definition) is 4. The number of methoxy groups -OCH3 is 1. The van der Waals surface area contributed by atoms with Gasteiger partial charge in [0.2, 0.25) is 0 Å². The van der Waals surface area contributed by atoms with Crippen LogP contribution >= 0.6 is 0 Å². The fourth-order valence-corrected chi connectivity index (χ4v) is 2.00. The Labute approximate surface area is 116 Å². The Morgan fingerprint density at radius 2 is 2.00 bits per heavy atom. The fourth-order valence-electron chi connectivity index (χ4n) is 2.00. The topological polar surface area (TPSA) is 54.4 Å². The lowest BCUT2D eigenvalue weighted by molar-refractivity contribution is 0.159. The van der Waals surface area contributed by atoms with E-state index in [1.165, 1.54) is 0 Å². The van der Waals surface area contributed by atoms with Gasteiger partial charge in [-0.05, 0) is 34.6 Å². The molecule has 0 fully saturated rings. The van der Waals surface area contributed by atoms with E-state index in [0.29, 0.717) is 13.0 Å². The number of aromatic nitrogens is 1. The van der Waals surface area contributed by atoms with Crippen molar-refractivity contribution in [1.82, 2.24) is 10.3 Å². The third kappa shape index (κ3) is 4.80. The summed E-state index contributed by atoms with van der Waals surface area (Å²) in [7, 11) is 1.66. The van der Waals surface area contributed by atoms with E-state index in [1.807, 2.05) is 13.8 Å². The van der Waals surface area contributed by atoms with E-state index in [2.05, 4.69) is 31.1 Å². The van der Waals surface area contributed by atoms with Crippen molar-refractivity contribution >= 4 is 0 Å². The molecule has 108 valence electrons. The summed E-state index contributed by atoms with van der Waals surface area (Å²) in [5.41, 5.74) is 2.93. The van der Waals surface area contributed by atoms with Gasteiger partial charge in [0.15, 0.2) is 0 Å². The molecule has 0 spiro atoms. The molecule has 0 saturated carbocycles. The monoisotopic (exact) mass is 266 g/mol. The van der Waals surface area contributed by atoms with Crippen molar-refractivity contribution < 1.29 is 9.84 Å². The molecular weight excluding hydrogens is 240 g/mol. The molecule has 19 heavy (non-hydrogen) atoms. The first kappa shape index (κ1) is 15.9. The summed E-state index contributed by atoms with van der Waals surface area (Å²) in [6.45, 7) is 10.8. The Balaban J connectivity index is 2.72. The standard InChI is InChI=1S/C15H26N2O2/c1-10-8-16-13(11(2)14(10)19-6)7-12(18)9-17-15(3,4)5/h8,12,17-18H,7,9H2,1-6H3. The zero-order valence-corrected chi connectivity index (χ0v) is 12.9. The van der Waals surface area contributed by atoms with Gasteiger partial charge in [-0.15, -0.1) is 0 Å². The highest BCUT2D eigenvalue weighted by Crippen LogP contribution is 2.24. The van der Waals surface area contributed by atoms with Crippen LogP contribution in [0.25, 0.3) is 0 Å². The van der Waals surface area contributed by atoms with E-state index in [-0.39, 0.29) is 5.54 Å². The van der Waals surface area contributed by atoms with Crippen LogP contribution in [-0.4, -0.2) is 35.4 Å². The van der Waals surface area contributed by atoms with E-state index in [1.54, 1.807) is 13.3 Å². The van der Waals surface area contributed by atoms with Gasteiger partial charge in [-0.2, -0.15) is 0 Å². The third-order valence-electron chi connectivity index (χ3n) is 3.05. The van der Waals surface area contributed by atoms with Crippen LogP contribution in [0, 0.1) is 13.8 Å². The van der Waals surface area contributed by atoms with Gasteiger partial charge in [-0.1, -0.05) is 0 Å². The van der Waals surface area contributed by atoms with Crippen molar-refractivity contribution in [1.29, 1.82) is 0 Å². The van der Waals surface area contributed by atoms with Crippen LogP contribution in [-0.2, 0) is 6.42 Å². The maximum atomic E-state index is 10.1. The Hall–Kier alpha value is -1.13. The average Bonchev–Trinajstić information content (AvgIpc) is 2.30. The van der Waals surface area contributed by atoms with Gasteiger partial charge in [0.1, 0.15) is 5.75 Å². The molecule has 0 radical (unpaired) electrons. The second kappa shape index (κ2) is 6.35. The molecule has 0 bridgehead atoms. The lowest BCUT2D eigenvalue weighted by Gasteiger charge is -2.23. The summed E-state index contributed by atoms with van der Waals surface area (Å²) < 4.78 is 5.37. The van der Waals surface area contributed by atoms with E-state index in [4.69, 9.17) is 4.74 Å². The minimum absolute atomic E-state index is 0.00835. The number of rotatable bonds is 5. The first-order valence-electron chi connectivity index (χ1n) is 6.66. The van der Waals surface area contributed by atoms with Gasteiger partial charge in [0.05, 0.1) is 13.2 Å². The number of aliphatic hydroxyl groups is 1. The molecule has 1 aromatic heterocycles. The van der Waals surface area contributed by atoms with Gasteiger partial charge < -0.3 is 15.2 Å². The molecule has 2 N–H and O–H groups in total. The lowest BCUT2D eigenvalue weighted by Crippen LogP contribution is -2.41. The highest BCUT2D eigenvalue weighted by molar-refractivity contribution is 5.41. The Bertz CT molecular complexity index is 425. The fraction of sp³-hybridized carbons (Fsp3) is 0.667. The summed E-state index contributed by atoms with van der Waals surface area (Å²) in [6.07, 6.45) is 1.88. The zero-order chi connectivity index (χ0) is 14.6. The molecule has 0 aromatic carbocycles. The van der Waals surface area contributed by atoms with Crippen molar-refractivity contribution in [2.24, 2.45) is 0 Å². The molecule has 1 unspecified atom stereocenters. The van der Waals surface area contributed by atoms with Gasteiger partial charge in [-0.25, -0.2) is 0 Å². The van der Waals surface area contributed by atoms with Crippen molar-refractivity contribution in [3.63, 3.8) is 0 Å². The van der Waals surface area contributed by atoms with Gasteiger partial charge in [0, 0.05) is 41.5 Å². The second-order valence-electron chi connectivity index (χ2n) is 6.04. The third-order valence-corrected chi connectivity index (χ3v) is 3.05. The molecule has 0 aliphatic carbocycles. The van der Waals surface area contributed by atoms with Crippen LogP contribution in [0.3, 0.4) is 0 Å². The van der Waals surface area contributed by atoms with Crippen molar-refractivity contribution in [3.8, 4) is 5.75 Å². The maximum Gasteiger partial charge on any atom is 0.128 e. The number of aryl methyl sites for hydroxylation is 1. The summed E-state index contributed by atoms with van der Waals surface area (Å²) in [4.78, 5) is 4.40. The second-order valence-corrected chi connectivity index (χ2v) is 6.04. The normalized spacial score (nSPS) is 13.4.